The van der Waals surface area contributed by atoms with Crippen molar-refractivity contribution >= 4 is 5.96 Å². The molecule has 0 amide bonds. The van der Waals surface area contributed by atoms with Gasteiger partial charge in [0.05, 0.1) is 19.8 Å². The van der Waals surface area contributed by atoms with Crippen LogP contribution in [0.15, 0.2) is 29.3 Å². The maximum Gasteiger partial charge on any atom is 0.188 e. The maximum absolute atomic E-state index is 5.91. The van der Waals surface area contributed by atoms with E-state index in [-0.39, 0.29) is 0 Å². The van der Waals surface area contributed by atoms with Gasteiger partial charge in [-0.1, -0.05) is 38.1 Å². The largest absolute Gasteiger partial charge is 0.379 e. The third-order valence-electron chi connectivity index (χ3n) is 3.96. The first kappa shape index (κ1) is 17.8. The molecule has 1 saturated heterocycles. The van der Waals surface area contributed by atoms with E-state index in [9.17, 15) is 0 Å². The van der Waals surface area contributed by atoms with Crippen LogP contribution < -0.4 is 11.1 Å². The summed E-state index contributed by atoms with van der Waals surface area (Å²) in [5, 5.41) is 3.17. The Hall–Kier alpha value is -1.59. The summed E-state index contributed by atoms with van der Waals surface area (Å²) in [6.07, 6.45) is 1.10. The fourth-order valence-corrected chi connectivity index (χ4v) is 2.57. The molecule has 0 spiro atoms. The molecule has 128 valence electrons. The van der Waals surface area contributed by atoms with Crippen LogP contribution in [-0.4, -0.2) is 43.7 Å². The first-order valence-electron chi connectivity index (χ1n) is 8.55. The lowest BCUT2D eigenvalue weighted by atomic mass is 10.1. The molecule has 3 N–H and O–H groups in total. The van der Waals surface area contributed by atoms with Gasteiger partial charge >= 0.3 is 0 Å². The number of nitrogens with zero attached hydrogens (tertiary/aromatic N) is 2. The van der Waals surface area contributed by atoms with Crippen LogP contribution >= 0.6 is 0 Å². The average Bonchev–Trinajstić information content (AvgIpc) is 2.54. The first-order chi connectivity index (χ1) is 11.1. The van der Waals surface area contributed by atoms with E-state index in [1.54, 1.807) is 0 Å². The zero-order valence-corrected chi connectivity index (χ0v) is 14.4. The predicted octanol–water partition coefficient (Wildman–Crippen LogP) is 1.97. The van der Waals surface area contributed by atoms with Gasteiger partial charge in [0, 0.05) is 26.2 Å². The Morgan fingerprint density at radius 2 is 2.04 bits per heavy atom. The van der Waals surface area contributed by atoms with Gasteiger partial charge in [-0.3, -0.25) is 4.90 Å². The van der Waals surface area contributed by atoms with Crippen LogP contribution in [0.3, 0.4) is 0 Å². The van der Waals surface area contributed by atoms with E-state index in [0.717, 1.165) is 45.8 Å². The van der Waals surface area contributed by atoms with Crippen LogP contribution in [0.4, 0.5) is 0 Å². The number of guanidine groups is 1. The Labute approximate surface area is 139 Å². The number of ether oxygens (including phenoxy) is 1. The summed E-state index contributed by atoms with van der Waals surface area (Å²) in [5.74, 6) is 1.21. The Morgan fingerprint density at radius 3 is 2.78 bits per heavy atom. The number of hydrogen-bond acceptors (Lipinski definition) is 3. The summed E-state index contributed by atoms with van der Waals surface area (Å²) in [4.78, 5) is 6.85. The van der Waals surface area contributed by atoms with Gasteiger partial charge in [0.15, 0.2) is 5.96 Å². The highest BCUT2D eigenvalue weighted by Gasteiger charge is 2.10. The predicted molar refractivity (Wildman–Crippen MR) is 95.3 cm³/mol. The Kier molecular flexibility index (Phi) is 7.36. The molecule has 1 aromatic carbocycles. The topological polar surface area (TPSA) is 62.9 Å². The minimum absolute atomic E-state index is 0.532. The average molecular weight is 318 g/mol. The molecule has 2 rings (SSSR count). The monoisotopic (exact) mass is 318 g/mol. The molecule has 1 fully saturated rings. The minimum atomic E-state index is 0.532. The highest BCUT2D eigenvalue weighted by Crippen LogP contribution is 2.10. The van der Waals surface area contributed by atoms with Crippen LogP contribution in [0, 0.1) is 5.92 Å². The Morgan fingerprint density at radius 1 is 1.30 bits per heavy atom. The normalized spacial score (nSPS) is 16.7. The number of rotatable bonds is 7. The van der Waals surface area contributed by atoms with E-state index in [1.165, 1.54) is 11.1 Å². The number of nitrogens with one attached hydrogen (secondary N) is 1. The van der Waals surface area contributed by atoms with Crippen LogP contribution in [0.2, 0.25) is 0 Å². The highest BCUT2D eigenvalue weighted by molar-refractivity contribution is 5.77. The third kappa shape index (κ3) is 7.01. The summed E-state index contributed by atoms with van der Waals surface area (Å²) in [5.41, 5.74) is 8.44. The van der Waals surface area contributed by atoms with Crippen molar-refractivity contribution in [2.24, 2.45) is 16.6 Å². The van der Waals surface area contributed by atoms with Crippen molar-refractivity contribution in [3.05, 3.63) is 35.4 Å². The van der Waals surface area contributed by atoms with Crippen molar-refractivity contribution in [1.29, 1.82) is 0 Å². The molecule has 0 aliphatic carbocycles. The number of aliphatic imine (C=N–C) groups is 1. The molecule has 5 nitrogen and oxygen atoms in total. The molecule has 0 saturated carbocycles. The zero-order valence-electron chi connectivity index (χ0n) is 14.4. The number of nitrogens with two attached hydrogens (primary N) is 1. The fraction of sp³-hybridized carbons (Fsp3) is 0.611. The van der Waals surface area contributed by atoms with Gasteiger partial charge in [-0.05, 0) is 23.5 Å². The van der Waals surface area contributed by atoms with Gasteiger partial charge in [0.1, 0.15) is 0 Å². The second-order valence-electron chi connectivity index (χ2n) is 6.52. The van der Waals surface area contributed by atoms with Gasteiger partial charge in [-0.25, -0.2) is 4.99 Å². The molecule has 0 bridgehead atoms. The van der Waals surface area contributed by atoms with Gasteiger partial charge in [-0.15, -0.1) is 0 Å². The molecular formula is C18H30N4O. The summed E-state index contributed by atoms with van der Waals surface area (Å²) < 4.78 is 5.39. The number of benzene rings is 1. The summed E-state index contributed by atoms with van der Waals surface area (Å²) in [7, 11) is 0. The van der Waals surface area contributed by atoms with E-state index in [1.807, 2.05) is 0 Å². The van der Waals surface area contributed by atoms with Crippen LogP contribution in [0.1, 0.15) is 31.4 Å². The van der Waals surface area contributed by atoms with E-state index >= 15 is 0 Å². The lowest BCUT2D eigenvalue weighted by molar-refractivity contribution is 0.0342. The highest BCUT2D eigenvalue weighted by atomic mass is 16.5. The lowest BCUT2D eigenvalue weighted by Crippen LogP contribution is -2.35. The molecule has 0 unspecified atom stereocenters. The van der Waals surface area contributed by atoms with Crippen molar-refractivity contribution in [2.45, 2.75) is 33.4 Å². The van der Waals surface area contributed by atoms with Crippen molar-refractivity contribution in [3.8, 4) is 0 Å². The molecule has 5 heteroatoms. The van der Waals surface area contributed by atoms with Crippen LogP contribution in [0.5, 0.6) is 0 Å². The van der Waals surface area contributed by atoms with E-state index in [0.29, 0.717) is 18.4 Å². The van der Waals surface area contributed by atoms with Crippen molar-refractivity contribution < 1.29 is 4.74 Å². The van der Waals surface area contributed by atoms with Crippen LogP contribution in [-0.2, 0) is 17.8 Å². The smallest absolute Gasteiger partial charge is 0.188 e. The van der Waals surface area contributed by atoms with Gasteiger partial charge in [0.2, 0.25) is 0 Å². The van der Waals surface area contributed by atoms with Crippen molar-refractivity contribution in [2.75, 3.05) is 32.8 Å². The molecule has 0 atom stereocenters. The molecule has 1 aliphatic heterocycles. The van der Waals surface area contributed by atoms with Crippen LogP contribution in [0.25, 0.3) is 0 Å². The van der Waals surface area contributed by atoms with E-state index in [4.69, 9.17) is 10.5 Å². The molecule has 1 aromatic rings. The Balaban J connectivity index is 1.81. The molecule has 0 aromatic heterocycles. The molecular weight excluding hydrogens is 288 g/mol. The van der Waals surface area contributed by atoms with Gasteiger partial charge in [-0.2, -0.15) is 0 Å². The fourth-order valence-electron chi connectivity index (χ4n) is 2.57. The SMILES string of the molecule is CC(C)CCNC(N)=NCc1cccc(CN2CCOCC2)c1. The maximum atomic E-state index is 5.91. The summed E-state index contributed by atoms with van der Waals surface area (Å²) in [6, 6.07) is 8.60. The molecule has 0 radical (unpaired) electrons. The second-order valence-corrected chi connectivity index (χ2v) is 6.52. The molecule has 1 aliphatic rings. The third-order valence-corrected chi connectivity index (χ3v) is 3.96. The summed E-state index contributed by atoms with van der Waals surface area (Å²) >= 11 is 0. The lowest BCUT2D eigenvalue weighted by Gasteiger charge is -2.26. The van der Waals surface area contributed by atoms with E-state index in [2.05, 4.69) is 53.3 Å². The zero-order chi connectivity index (χ0) is 16.5. The summed E-state index contributed by atoms with van der Waals surface area (Å²) in [6.45, 7) is 10.6. The Bertz CT molecular complexity index is 496. The van der Waals surface area contributed by atoms with Crippen molar-refractivity contribution in [1.82, 2.24) is 10.2 Å². The second kappa shape index (κ2) is 9.53. The van der Waals surface area contributed by atoms with E-state index < -0.39 is 0 Å². The number of morpholine rings is 1. The quantitative estimate of drug-likeness (QED) is 0.596. The molecule has 23 heavy (non-hydrogen) atoms. The standard InChI is InChI=1S/C18H30N4O/c1-15(2)6-7-20-18(19)21-13-16-4-3-5-17(12-16)14-22-8-10-23-11-9-22/h3-5,12,15H,6-11,13-14H2,1-2H3,(H3,19,20,21). The minimum Gasteiger partial charge on any atom is -0.379 e. The van der Waals surface area contributed by atoms with Crippen molar-refractivity contribution in [3.63, 3.8) is 0 Å². The molecule has 1 heterocycles. The number of hydrogen-bond donors (Lipinski definition) is 2. The van der Waals surface area contributed by atoms with Gasteiger partial charge < -0.3 is 15.8 Å². The van der Waals surface area contributed by atoms with Gasteiger partial charge in [0.25, 0.3) is 0 Å². The first-order valence-corrected chi connectivity index (χ1v) is 8.55.